The molecule has 3 N–H and O–H groups in total. The maximum absolute atomic E-state index is 11.7. The van der Waals surface area contributed by atoms with Crippen molar-refractivity contribution in [1.29, 1.82) is 0 Å². The normalized spacial score (nSPS) is 20.7. The number of benzene rings is 1. The first-order chi connectivity index (χ1) is 8.88. The topological polar surface area (TPSA) is 104 Å². The lowest BCUT2D eigenvalue weighted by molar-refractivity contribution is -0.117. The monoisotopic (exact) mass is 263 g/mol. The smallest absolute Gasteiger partial charge is 0.335 e. The lowest BCUT2D eigenvalue weighted by Gasteiger charge is -2.07. The van der Waals surface area contributed by atoms with Crippen LogP contribution >= 0.6 is 0 Å². The molecule has 0 aromatic heterocycles. The molecule has 1 aliphatic rings. The first-order valence-corrected chi connectivity index (χ1v) is 5.81. The summed E-state index contributed by atoms with van der Waals surface area (Å²) in [5, 5.41) is 20.4. The van der Waals surface area contributed by atoms with E-state index < -0.39 is 11.9 Å². The summed E-state index contributed by atoms with van der Waals surface area (Å²) >= 11 is 0. The summed E-state index contributed by atoms with van der Waals surface area (Å²) in [7, 11) is 0. The molecule has 6 heteroatoms. The Balaban J connectivity index is 2.26. The molecule has 0 radical (unpaired) electrons. The predicted molar refractivity (Wildman–Crippen MR) is 66.3 cm³/mol. The van der Waals surface area contributed by atoms with Gasteiger partial charge in [-0.3, -0.25) is 4.79 Å². The van der Waals surface area contributed by atoms with Gasteiger partial charge in [-0.05, 0) is 30.5 Å². The molecule has 0 saturated heterocycles. The van der Waals surface area contributed by atoms with Crippen molar-refractivity contribution >= 4 is 23.5 Å². The standard InChI is InChI=1S/C13H13NO5/c1-6-2-10(6)11(15)14-9-4-7(12(16)17)3-8(5-9)13(18)19/h3-6,10H,2H2,1H3,(H,14,15)(H,16,17)(H,18,19). The van der Waals surface area contributed by atoms with E-state index >= 15 is 0 Å². The molecule has 1 fully saturated rings. The zero-order valence-corrected chi connectivity index (χ0v) is 10.2. The number of hydrogen-bond donors (Lipinski definition) is 3. The average molecular weight is 263 g/mol. The lowest BCUT2D eigenvalue weighted by Crippen LogP contribution is -2.15. The van der Waals surface area contributed by atoms with Crippen molar-refractivity contribution in [3.05, 3.63) is 29.3 Å². The number of aromatic carboxylic acids is 2. The van der Waals surface area contributed by atoms with E-state index in [2.05, 4.69) is 5.32 Å². The van der Waals surface area contributed by atoms with Gasteiger partial charge in [0, 0.05) is 11.6 Å². The van der Waals surface area contributed by atoms with Crippen molar-refractivity contribution in [3.63, 3.8) is 0 Å². The molecule has 1 aromatic rings. The Kier molecular flexibility index (Phi) is 3.25. The number of rotatable bonds is 4. The third kappa shape index (κ3) is 2.90. The van der Waals surface area contributed by atoms with E-state index in [1.54, 1.807) is 0 Å². The predicted octanol–water partition coefficient (Wildman–Crippen LogP) is 1.68. The van der Waals surface area contributed by atoms with Gasteiger partial charge in [-0.2, -0.15) is 0 Å². The Hall–Kier alpha value is -2.37. The molecular formula is C13H13NO5. The molecule has 0 bridgehead atoms. The van der Waals surface area contributed by atoms with E-state index in [0.29, 0.717) is 5.92 Å². The van der Waals surface area contributed by atoms with Gasteiger partial charge >= 0.3 is 11.9 Å². The summed E-state index contributed by atoms with van der Waals surface area (Å²) in [6.07, 6.45) is 0.802. The van der Waals surface area contributed by atoms with Crippen LogP contribution in [0.5, 0.6) is 0 Å². The number of carbonyl (C=O) groups excluding carboxylic acids is 1. The second-order valence-electron chi connectivity index (χ2n) is 4.72. The molecule has 1 amide bonds. The molecule has 0 heterocycles. The molecule has 0 spiro atoms. The van der Waals surface area contributed by atoms with Crippen molar-refractivity contribution < 1.29 is 24.6 Å². The van der Waals surface area contributed by atoms with Crippen LogP contribution in [-0.2, 0) is 4.79 Å². The molecule has 2 unspecified atom stereocenters. The number of nitrogens with one attached hydrogen (secondary N) is 1. The highest BCUT2D eigenvalue weighted by atomic mass is 16.4. The van der Waals surface area contributed by atoms with Gasteiger partial charge < -0.3 is 15.5 Å². The quantitative estimate of drug-likeness (QED) is 0.766. The molecule has 2 rings (SSSR count). The van der Waals surface area contributed by atoms with Gasteiger partial charge in [0.2, 0.25) is 5.91 Å². The summed E-state index contributed by atoms with van der Waals surface area (Å²) < 4.78 is 0. The first kappa shape index (κ1) is 13.1. The number of amides is 1. The van der Waals surface area contributed by atoms with Crippen molar-refractivity contribution in [2.75, 3.05) is 5.32 Å². The Labute approximate surface area is 109 Å². The Bertz CT molecular complexity index is 534. The van der Waals surface area contributed by atoms with Gasteiger partial charge in [0.15, 0.2) is 0 Å². The summed E-state index contributed by atoms with van der Waals surface area (Å²) in [5.41, 5.74) is -0.139. The van der Waals surface area contributed by atoms with Crippen LogP contribution in [-0.4, -0.2) is 28.1 Å². The molecule has 6 nitrogen and oxygen atoms in total. The maximum Gasteiger partial charge on any atom is 0.335 e. The van der Waals surface area contributed by atoms with Crippen LogP contribution in [0.2, 0.25) is 0 Å². The molecule has 1 aliphatic carbocycles. The third-order valence-electron chi connectivity index (χ3n) is 3.14. The van der Waals surface area contributed by atoms with Crippen molar-refractivity contribution in [2.24, 2.45) is 11.8 Å². The van der Waals surface area contributed by atoms with Crippen LogP contribution in [0.4, 0.5) is 5.69 Å². The zero-order valence-electron chi connectivity index (χ0n) is 10.2. The highest BCUT2D eigenvalue weighted by Crippen LogP contribution is 2.38. The average Bonchev–Trinajstić information content (AvgIpc) is 3.06. The van der Waals surface area contributed by atoms with E-state index in [-0.39, 0.29) is 28.6 Å². The molecule has 0 aliphatic heterocycles. The first-order valence-electron chi connectivity index (χ1n) is 5.81. The number of anilines is 1. The van der Waals surface area contributed by atoms with Crippen LogP contribution in [0.3, 0.4) is 0 Å². The van der Waals surface area contributed by atoms with Gasteiger partial charge in [0.1, 0.15) is 0 Å². The zero-order chi connectivity index (χ0) is 14.2. The van der Waals surface area contributed by atoms with Crippen molar-refractivity contribution in [3.8, 4) is 0 Å². The second-order valence-corrected chi connectivity index (χ2v) is 4.72. The molecule has 1 saturated carbocycles. The van der Waals surface area contributed by atoms with E-state index in [1.165, 1.54) is 12.1 Å². The van der Waals surface area contributed by atoms with E-state index in [9.17, 15) is 14.4 Å². The molecule has 1 aromatic carbocycles. The number of carboxylic acid groups (broad SMARTS) is 2. The largest absolute Gasteiger partial charge is 0.478 e. The molecule has 100 valence electrons. The molecular weight excluding hydrogens is 250 g/mol. The highest BCUT2D eigenvalue weighted by molar-refractivity contribution is 5.99. The third-order valence-corrected chi connectivity index (χ3v) is 3.14. The van der Waals surface area contributed by atoms with Gasteiger partial charge in [-0.1, -0.05) is 6.92 Å². The van der Waals surface area contributed by atoms with E-state index in [1.807, 2.05) is 6.92 Å². The minimum atomic E-state index is -1.24. The molecule has 19 heavy (non-hydrogen) atoms. The maximum atomic E-state index is 11.7. The van der Waals surface area contributed by atoms with Crippen molar-refractivity contribution in [1.82, 2.24) is 0 Å². The summed E-state index contributed by atoms with van der Waals surface area (Å²) in [4.78, 5) is 33.6. The number of carboxylic acids is 2. The molecule has 2 atom stereocenters. The highest BCUT2D eigenvalue weighted by Gasteiger charge is 2.39. The Morgan fingerprint density at radius 1 is 1.11 bits per heavy atom. The minimum absolute atomic E-state index is 0.0678. The summed E-state index contributed by atoms with van der Waals surface area (Å²) in [6.45, 7) is 1.95. The van der Waals surface area contributed by atoms with Crippen LogP contribution in [0.1, 0.15) is 34.1 Å². The lowest BCUT2D eigenvalue weighted by atomic mass is 10.1. The van der Waals surface area contributed by atoms with Gasteiger partial charge in [0.25, 0.3) is 0 Å². The SMILES string of the molecule is CC1CC1C(=O)Nc1cc(C(=O)O)cc(C(=O)O)c1. The van der Waals surface area contributed by atoms with Gasteiger partial charge in [-0.15, -0.1) is 0 Å². The van der Waals surface area contributed by atoms with E-state index in [4.69, 9.17) is 10.2 Å². The number of carbonyl (C=O) groups is 3. The summed E-state index contributed by atoms with van der Waals surface area (Å²) in [5.74, 6) is -2.42. The second kappa shape index (κ2) is 4.72. The fourth-order valence-corrected chi connectivity index (χ4v) is 1.87. The summed E-state index contributed by atoms with van der Waals surface area (Å²) in [6, 6.07) is 3.56. The van der Waals surface area contributed by atoms with E-state index in [0.717, 1.165) is 12.5 Å². The minimum Gasteiger partial charge on any atom is -0.478 e. The van der Waals surface area contributed by atoms with Crippen LogP contribution < -0.4 is 5.32 Å². The van der Waals surface area contributed by atoms with Crippen molar-refractivity contribution in [2.45, 2.75) is 13.3 Å². The fraction of sp³-hybridized carbons (Fsp3) is 0.308. The Morgan fingerprint density at radius 2 is 1.58 bits per heavy atom. The van der Waals surface area contributed by atoms with Crippen LogP contribution in [0, 0.1) is 11.8 Å². The number of hydrogen-bond acceptors (Lipinski definition) is 3. The van der Waals surface area contributed by atoms with Gasteiger partial charge in [-0.25, -0.2) is 9.59 Å². The van der Waals surface area contributed by atoms with Gasteiger partial charge in [0.05, 0.1) is 11.1 Å². The van der Waals surface area contributed by atoms with Crippen LogP contribution in [0.15, 0.2) is 18.2 Å². The Morgan fingerprint density at radius 3 is 1.95 bits per heavy atom. The fourth-order valence-electron chi connectivity index (χ4n) is 1.87. The van der Waals surface area contributed by atoms with Crippen LogP contribution in [0.25, 0.3) is 0 Å².